The van der Waals surface area contributed by atoms with Crippen LogP contribution in [0.1, 0.15) is 40.0 Å². The van der Waals surface area contributed by atoms with Gasteiger partial charge in [0.15, 0.2) is 0 Å². The number of hydrogen-bond acceptors (Lipinski definition) is 3. The summed E-state index contributed by atoms with van der Waals surface area (Å²) in [7, 11) is 0. The highest BCUT2D eigenvalue weighted by Crippen LogP contribution is 2.29. The van der Waals surface area contributed by atoms with Gasteiger partial charge in [-0.3, -0.25) is 0 Å². The van der Waals surface area contributed by atoms with Gasteiger partial charge < -0.3 is 10.4 Å². The van der Waals surface area contributed by atoms with Crippen LogP contribution in [-0.2, 0) is 0 Å². The third-order valence-corrected chi connectivity index (χ3v) is 4.63. The quantitative estimate of drug-likeness (QED) is 0.780. The van der Waals surface area contributed by atoms with Crippen molar-refractivity contribution in [2.45, 2.75) is 51.7 Å². The minimum Gasteiger partial charge on any atom is -0.388 e. The number of thioether (sulfide) groups is 1. The van der Waals surface area contributed by atoms with E-state index < -0.39 is 5.60 Å². The van der Waals surface area contributed by atoms with Gasteiger partial charge in [-0.05, 0) is 37.9 Å². The van der Waals surface area contributed by atoms with Gasteiger partial charge in [-0.25, -0.2) is 0 Å². The molecule has 0 heterocycles. The lowest BCUT2D eigenvalue weighted by molar-refractivity contribution is 0.0706. The Morgan fingerprint density at radius 3 is 2.38 bits per heavy atom. The predicted octanol–water partition coefficient (Wildman–Crippen LogP) is 2.51. The SMILES string of the molecule is CSCC(C)(O)CNC1C(C)CCCC1C. The van der Waals surface area contributed by atoms with Gasteiger partial charge in [0.1, 0.15) is 0 Å². The van der Waals surface area contributed by atoms with Gasteiger partial charge >= 0.3 is 0 Å². The fourth-order valence-corrected chi connectivity index (χ4v) is 3.51. The molecule has 3 heteroatoms. The number of hydrogen-bond donors (Lipinski definition) is 2. The molecule has 3 atom stereocenters. The minimum absolute atomic E-state index is 0.573. The van der Waals surface area contributed by atoms with E-state index in [0.717, 1.165) is 17.6 Å². The van der Waals surface area contributed by atoms with Crippen molar-refractivity contribution in [3.05, 3.63) is 0 Å². The highest BCUT2D eigenvalue weighted by Gasteiger charge is 2.29. The smallest absolute Gasteiger partial charge is 0.0833 e. The Morgan fingerprint density at radius 1 is 1.31 bits per heavy atom. The monoisotopic (exact) mass is 245 g/mol. The number of nitrogens with one attached hydrogen (secondary N) is 1. The first-order valence-corrected chi connectivity index (χ1v) is 7.80. The highest BCUT2D eigenvalue weighted by atomic mass is 32.2. The molecule has 0 aromatic carbocycles. The molecule has 2 N–H and O–H groups in total. The molecule has 2 nitrogen and oxygen atoms in total. The third kappa shape index (κ3) is 4.27. The van der Waals surface area contributed by atoms with Crippen LogP contribution < -0.4 is 5.32 Å². The number of aliphatic hydroxyl groups is 1. The molecule has 0 amide bonds. The fourth-order valence-electron chi connectivity index (χ4n) is 2.78. The van der Waals surface area contributed by atoms with E-state index in [2.05, 4.69) is 19.2 Å². The molecule has 1 aliphatic rings. The molecule has 16 heavy (non-hydrogen) atoms. The molecule has 1 rings (SSSR count). The summed E-state index contributed by atoms with van der Waals surface area (Å²) in [6.07, 6.45) is 6.06. The third-order valence-electron chi connectivity index (χ3n) is 3.72. The summed E-state index contributed by atoms with van der Waals surface area (Å²) in [5.74, 6) is 2.29. The average Bonchev–Trinajstić information content (AvgIpc) is 2.16. The van der Waals surface area contributed by atoms with Crippen LogP contribution in [0.2, 0.25) is 0 Å². The molecule has 0 spiro atoms. The summed E-state index contributed by atoms with van der Waals surface area (Å²) in [6, 6.07) is 0.585. The molecule has 96 valence electrons. The molecule has 0 aliphatic heterocycles. The van der Waals surface area contributed by atoms with Crippen LogP contribution in [0.15, 0.2) is 0 Å². The molecule has 3 unspecified atom stereocenters. The summed E-state index contributed by atoms with van der Waals surface area (Å²) in [5.41, 5.74) is -0.573. The maximum atomic E-state index is 10.1. The van der Waals surface area contributed by atoms with E-state index in [4.69, 9.17) is 0 Å². The van der Waals surface area contributed by atoms with Crippen LogP contribution in [0.5, 0.6) is 0 Å². The summed E-state index contributed by atoms with van der Waals surface area (Å²) in [5, 5.41) is 13.7. The standard InChI is InChI=1S/C13H27NOS/c1-10-6-5-7-11(2)12(10)14-8-13(3,15)9-16-4/h10-12,14-15H,5-9H2,1-4H3. The van der Waals surface area contributed by atoms with Gasteiger partial charge in [0, 0.05) is 18.3 Å². The second kappa shape index (κ2) is 6.27. The molecule has 1 fully saturated rings. The molecule has 0 saturated heterocycles. The fraction of sp³-hybridized carbons (Fsp3) is 1.00. The van der Waals surface area contributed by atoms with Gasteiger partial charge in [0.2, 0.25) is 0 Å². The first kappa shape index (κ1) is 14.3. The Balaban J connectivity index is 2.40. The van der Waals surface area contributed by atoms with E-state index in [-0.39, 0.29) is 0 Å². The van der Waals surface area contributed by atoms with Crippen molar-refractivity contribution in [2.75, 3.05) is 18.6 Å². The predicted molar refractivity (Wildman–Crippen MR) is 73.0 cm³/mol. The van der Waals surface area contributed by atoms with Crippen LogP contribution in [0.4, 0.5) is 0 Å². The summed E-state index contributed by atoms with van der Waals surface area (Å²) in [6.45, 7) is 7.30. The zero-order valence-electron chi connectivity index (χ0n) is 11.1. The van der Waals surface area contributed by atoms with E-state index in [1.54, 1.807) is 11.8 Å². The Kier molecular flexibility index (Phi) is 5.62. The topological polar surface area (TPSA) is 32.3 Å². The van der Waals surface area contributed by atoms with Crippen molar-refractivity contribution in [1.29, 1.82) is 0 Å². The van der Waals surface area contributed by atoms with E-state index in [1.807, 2.05) is 13.2 Å². The van der Waals surface area contributed by atoms with E-state index in [0.29, 0.717) is 12.6 Å². The lowest BCUT2D eigenvalue weighted by Crippen LogP contribution is -2.49. The maximum absolute atomic E-state index is 10.1. The Morgan fingerprint density at radius 2 is 1.88 bits per heavy atom. The molecular formula is C13H27NOS. The van der Waals surface area contributed by atoms with Gasteiger partial charge in [-0.2, -0.15) is 11.8 Å². The highest BCUT2D eigenvalue weighted by molar-refractivity contribution is 7.98. The van der Waals surface area contributed by atoms with Gasteiger partial charge in [-0.1, -0.05) is 20.3 Å². The molecule has 1 aliphatic carbocycles. The lowest BCUT2D eigenvalue weighted by atomic mass is 9.78. The Labute approximate surface area is 105 Å². The van der Waals surface area contributed by atoms with Crippen molar-refractivity contribution in [1.82, 2.24) is 5.32 Å². The van der Waals surface area contributed by atoms with Crippen molar-refractivity contribution in [2.24, 2.45) is 11.8 Å². The van der Waals surface area contributed by atoms with Crippen LogP contribution in [0, 0.1) is 11.8 Å². The van der Waals surface area contributed by atoms with Crippen molar-refractivity contribution in [3.63, 3.8) is 0 Å². The van der Waals surface area contributed by atoms with Crippen LogP contribution in [-0.4, -0.2) is 35.3 Å². The number of rotatable bonds is 5. The van der Waals surface area contributed by atoms with Crippen molar-refractivity contribution < 1.29 is 5.11 Å². The normalized spacial score (nSPS) is 34.7. The Hall–Kier alpha value is 0.270. The largest absolute Gasteiger partial charge is 0.388 e. The van der Waals surface area contributed by atoms with Crippen LogP contribution in [0.3, 0.4) is 0 Å². The molecule has 0 aromatic heterocycles. The Bertz CT molecular complexity index is 198. The average molecular weight is 245 g/mol. The summed E-state index contributed by atoms with van der Waals surface area (Å²) >= 11 is 1.71. The zero-order chi connectivity index (χ0) is 12.2. The van der Waals surface area contributed by atoms with E-state index in [9.17, 15) is 5.11 Å². The second-order valence-electron chi connectivity index (χ2n) is 5.72. The second-order valence-corrected chi connectivity index (χ2v) is 6.59. The maximum Gasteiger partial charge on any atom is 0.0833 e. The first-order valence-electron chi connectivity index (χ1n) is 6.41. The van der Waals surface area contributed by atoms with E-state index in [1.165, 1.54) is 19.3 Å². The summed E-state index contributed by atoms with van der Waals surface area (Å²) < 4.78 is 0. The van der Waals surface area contributed by atoms with Gasteiger partial charge in [-0.15, -0.1) is 0 Å². The van der Waals surface area contributed by atoms with Crippen molar-refractivity contribution >= 4 is 11.8 Å². The van der Waals surface area contributed by atoms with Crippen LogP contribution in [0.25, 0.3) is 0 Å². The van der Waals surface area contributed by atoms with Crippen LogP contribution >= 0.6 is 11.8 Å². The zero-order valence-corrected chi connectivity index (χ0v) is 11.9. The lowest BCUT2D eigenvalue weighted by Gasteiger charge is -2.37. The molecular weight excluding hydrogens is 218 g/mol. The molecule has 0 aromatic rings. The summed E-state index contributed by atoms with van der Waals surface area (Å²) in [4.78, 5) is 0. The van der Waals surface area contributed by atoms with E-state index >= 15 is 0 Å². The van der Waals surface area contributed by atoms with Crippen molar-refractivity contribution in [3.8, 4) is 0 Å². The first-order chi connectivity index (χ1) is 7.46. The minimum atomic E-state index is -0.573. The van der Waals surface area contributed by atoms with Gasteiger partial charge in [0.25, 0.3) is 0 Å². The molecule has 0 radical (unpaired) electrons. The molecule has 1 saturated carbocycles. The molecule has 0 bridgehead atoms. The van der Waals surface area contributed by atoms with Gasteiger partial charge in [0.05, 0.1) is 5.60 Å².